The molecular formula is C5H14SiTe. The fraction of sp³-hybridized carbons (Fsp3) is 1.00. The summed E-state index contributed by atoms with van der Waals surface area (Å²) in [6.45, 7) is 9.57. The summed E-state index contributed by atoms with van der Waals surface area (Å²) < 4.78 is 0.987. The van der Waals surface area contributed by atoms with Crippen LogP contribution in [0.15, 0.2) is 0 Å². The van der Waals surface area contributed by atoms with Gasteiger partial charge in [-0.1, -0.05) is 0 Å². The molecular weight excluding hydrogens is 216 g/mol. The van der Waals surface area contributed by atoms with Crippen LogP contribution in [-0.2, 0) is 0 Å². The molecule has 0 N–H and O–H groups in total. The normalized spacial score (nSPS) is 16.7. The van der Waals surface area contributed by atoms with Crippen molar-refractivity contribution in [3.63, 3.8) is 0 Å². The topological polar surface area (TPSA) is 0 Å². The van der Waals surface area contributed by atoms with Crippen molar-refractivity contribution in [1.29, 1.82) is 0 Å². The summed E-state index contributed by atoms with van der Waals surface area (Å²) in [5.41, 5.74) is 0. The first-order valence-electron chi connectivity index (χ1n) is 2.62. The Hall–Kier alpha value is 1.01. The van der Waals surface area contributed by atoms with Crippen molar-refractivity contribution < 1.29 is 0 Å². The molecule has 1 atom stereocenters. The molecule has 0 aliphatic heterocycles. The van der Waals surface area contributed by atoms with E-state index in [1.165, 1.54) is 0 Å². The SMILES string of the molecule is CC([TeH])[Si](C)(C)C. The first-order valence-corrected chi connectivity index (χ1v) is 7.68. The molecule has 0 fully saturated rings. The zero-order chi connectivity index (χ0) is 6.08. The van der Waals surface area contributed by atoms with Crippen molar-refractivity contribution in [3.05, 3.63) is 0 Å². The minimum absolute atomic E-state index is 0.712. The number of rotatable bonds is 1. The average molecular weight is 230 g/mol. The van der Waals surface area contributed by atoms with Crippen molar-refractivity contribution >= 4 is 30.4 Å². The molecule has 0 nitrogen and oxygen atoms in total. The van der Waals surface area contributed by atoms with E-state index in [9.17, 15) is 0 Å². The Kier molecular flexibility index (Phi) is 2.89. The van der Waals surface area contributed by atoms with Crippen LogP contribution >= 0.6 is 0 Å². The summed E-state index contributed by atoms with van der Waals surface area (Å²) in [5.74, 6) is 0. The number of hydrogen-bond donors (Lipinski definition) is 0. The Balaban J connectivity index is 3.54. The second-order valence-corrected chi connectivity index (χ2v) is 12.3. The molecule has 1 unspecified atom stereocenters. The molecule has 7 heavy (non-hydrogen) atoms. The molecule has 2 heteroatoms. The fourth-order valence-corrected chi connectivity index (χ4v) is 0. The van der Waals surface area contributed by atoms with Crippen LogP contribution in [0, 0.1) is 0 Å². The fourth-order valence-electron chi connectivity index (χ4n) is 0. The van der Waals surface area contributed by atoms with E-state index in [0.717, 1.165) is 3.59 Å². The molecule has 0 aliphatic rings. The molecule has 0 rings (SSSR count). The van der Waals surface area contributed by atoms with Crippen LogP contribution < -0.4 is 0 Å². The summed E-state index contributed by atoms with van der Waals surface area (Å²) in [4.78, 5) is 0. The van der Waals surface area contributed by atoms with E-state index in [1.54, 1.807) is 0 Å². The summed E-state index contributed by atoms with van der Waals surface area (Å²) in [6, 6.07) is 0. The maximum atomic E-state index is 2.41. The zero-order valence-electron chi connectivity index (χ0n) is 5.52. The van der Waals surface area contributed by atoms with Crippen LogP contribution in [0.2, 0.25) is 23.2 Å². The Bertz CT molecular complexity index is 53.6. The molecule has 0 bridgehead atoms. The van der Waals surface area contributed by atoms with Crippen LogP contribution in [0.4, 0.5) is 0 Å². The van der Waals surface area contributed by atoms with E-state index in [0.29, 0.717) is 0 Å². The van der Waals surface area contributed by atoms with E-state index < -0.39 is 8.07 Å². The van der Waals surface area contributed by atoms with Gasteiger partial charge in [0.2, 0.25) is 0 Å². The molecule has 44 valence electrons. The van der Waals surface area contributed by atoms with E-state index >= 15 is 0 Å². The third-order valence-electron chi connectivity index (χ3n) is 1.25. The summed E-state index contributed by atoms with van der Waals surface area (Å²) in [5, 5.41) is 0. The predicted molar refractivity (Wildman–Crippen MR) is 39.9 cm³/mol. The van der Waals surface area contributed by atoms with Gasteiger partial charge in [-0.3, -0.25) is 0 Å². The monoisotopic (exact) mass is 232 g/mol. The van der Waals surface area contributed by atoms with Crippen LogP contribution in [-0.4, -0.2) is 30.4 Å². The van der Waals surface area contributed by atoms with E-state index in [4.69, 9.17) is 0 Å². The third kappa shape index (κ3) is 3.58. The molecule has 0 aromatic heterocycles. The van der Waals surface area contributed by atoms with Crippen molar-refractivity contribution in [2.45, 2.75) is 30.2 Å². The van der Waals surface area contributed by atoms with E-state index in [2.05, 4.69) is 26.6 Å². The molecule has 0 heterocycles. The van der Waals surface area contributed by atoms with Gasteiger partial charge in [0, 0.05) is 0 Å². The molecule has 0 saturated carbocycles. The quantitative estimate of drug-likeness (QED) is 0.599. The van der Waals surface area contributed by atoms with Crippen LogP contribution in [0.1, 0.15) is 6.92 Å². The molecule has 0 saturated heterocycles. The molecule has 0 aromatic rings. The summed E-state index contributed by atoms with van der Waals surface area (Å²) >= 11 is 1.98. The van der Waals surface area contributed by atoms with Gasteiger partial charge >= 0.3 is 60.5 Å². The minimum atomic E-state index is -0.712. The molecule has 0 radical (unpaired) electrons. The van der Waals surface area contributed by atoms with Crippen LogP contribution in [0.5, 0.6) is 0 Å². The predicted octanol–water partition coefficient (Wildman–Crippen LogP) is 1.57. The second kappa shape index (κ2) is 2.52. The molecule has 0 aliphatic carbocycles. The van der Waals surface area contributed by atoms with Gasteiger partial charge in [0.15, 0.2) is 0 Å². The average Bonchev–Trinajstić information content (AvgIpc) is 1.31. The Morgan fingerprint density at radius 3 is 1.43 bits per heavy atom. The third-order valence-corrected chi connectivity index (χ3v) is 10.4. The summed E-state index contributed by atoms with van der Waals surface area (Å²) in [6.07, 6.45) is 0. The van der Waals surface area contributed by atoms with Gasteiger partial charge in [-0.25, -0.2) is 0 Å². The van der Waals surface area contributed by atoms with Gasteiger partial charge < -0.3 is 0 Å². The van der Waals surface area contributed by atoms with Crippen LogP contribution in [0.3, 0.4) is 0 Å². The maximum absolute atomic E-state index is 2.41. The van der Waals surface area contributed by atoms with Crippen molar-refractivity contribution in [3.8, 4) is 0 Å². The molecule has 0 amide bonds. The van der Waals surface area contributed by atoms with E-state index in [-0.39, 0.29) is 0 Å². The van der Waals surface area contributed by atoms with Gasteiger partial charge in [0.1, 0.15) is 0 Å². The second-order valence-electron chi connectivity index (χ2n) is 3.04. The molecule has 0 aromatic carbocycles. The number of hydrogen-bond acceptors (Lipinski definition) is 0. The van der Waals surface area contributed by atoms with Crippen molar-refractivity contribution in [1.82, 2.24) is 0 Å². The standard InChI is InChI=1S/C5H14SiTe/c1-5(7)6(2,3)4/h5,7H,1-4H3. The van der Waals surface area contributed by atoms with Crippen LogP contribution in [0.25, 0.3) is 0 Å². The van der Waals surface area contributed by atoms with Crippen molar-refractivity contribution in [2.24, 2.45) is 0 Å². The Morgan fingerprint density at radius 1 is 1.29 bits per heavy atom. The summed E-state index contributed by atoms with van der Waals surface area (Å²) in [7, 11) is -0.712. The van der Waals surface area contributed by atoms with Gasteiger partial charge in [-0.15, -0.1) is 0 Å². The van der Waals surface area contributed by atoms with Gasteiger partial charge in [0.05, 0.1) is 0 Å². The molecule has 0 spiro atoms. The Labute approximate surface area is 60.6 Å². The van der Waals surface area contributed by atoms with Gasteiger partial charge in [0.25, 0.3) is 0 Å². The van der Waals surface area contributed by atoms with E-state index in [1.807, 2.05) is 22.3 Å². The van der Waals surface area contributed by atoms with Gasteiger partial charge in [-0.2, -0.15) is 0 Å². The zero-order valence-corrected chi connectivity index (χ0v) is 9.08. The Morgan fingerprint density at radius 2 is 1.43 bits per heavy atom. The first-order chi connectivity index (χ1) is 2.94. The van der Waals surface area contributed by atoms with Crippen molar-refractivity contribution in [2.75, 3.05) is 0 Å². The first kappa shape index (κ1) is 8.01. The van der Waals surface area contributed by atoms with Gasteiger partial charge in [-0.05, 0) is 0 Å².